The molecule has 444 valence electrons. The maximum atomic E-state index is 6.74. The van der Waals surface area contributed by atoms with E-state index in [4.69, 9.17) is 14.2 Å². The van der Waals surface area contributed by atoms with Crippen LogP contribution in [0.3, 0.4) is 0 Å². The van der Waals surface area contributed by atoms with Crippen LogP contribution >= 0.6 is 0 Å². The first-order chi connectivity index (χ1) is 43.0. The Morgan fingerprint density at radius 2 is 0.460 bits per heavy atom. The van der Waals surface area contributed by atoms with Gasteiger partial charge in [-0.25, -0.2) is 0 Å². The van der Waals surface area contributed by atoms with E-state index in [1.54, 1.807) is 0 Å². The van der Waals surface area contributed by atoms with Gasteiger partial charge >= 0.3 is 0 Å². The van der Waals surface area contributed by atoms with Crippen LogP contribution in [0.25, 0.3) is 33.4 Å². The molecule has 3 aliphatic carbocycles. The van der Waals surface area contributed by atoms with Crippen LogP contribution in [0, 0.1) is 0 Å². The molecule has 9 nitrogen and oxygen atoms in total. The number of hydrogen-bond donors (Lipinski definition) is 6. The second kappa shape index (κ2) is 28.8. The number of hydrogen-bond acceptors (Lipinski definition) is 9. The Balaban J connectivity index is 0.773. The van der Waals surface area contributed by atoms with Gasteiger partial charge in [-0.15, -0.1) is 0 Å². The molecule has 12 aliphatic heterocycles. The summed E-state index contributed by atoms with van der Waals surface area (Å²) in [5.41, 5.74) is 14.2. The van der Waals surface area contributed by atoms with Gasteiger partial charge in [0.25, 0.3) is 0 Å². The third-order valence-corrected chi connectivity index (χ3v) is 18.6. The van der Waals surface area contributed by atoms with Gasteiger partial charge in [0.05, 0.1) is 0 Å². The molecule has 0 spiro atoms. The average Bonchev–Trinajstić information content (AvgIpc) is 3.74. The molecule has 0 unspecified atom stereocenters. The number of nitrogens with one attached hydrogen (secondary N) is 6. The second-order valence-electron chi connectivity index (χ2n) is 24.6. The molecule has 0 radical (unpaired) electrons. The highest BCUT2D eigenvalue weighted by Crippen LogP contribution is 2.36. The van der Waals surface area contributed by atoms with E-state index in [2.05, 4.69) is 159 Å². The average molecular weight is 1150 g/mol. The van der Waals surface area contributed by atoms with E-state index in [1.165, 1.54) is 84.7 Å². The molecule has 12 heterocycles. The quantitative estimate of drug-likeness (QED) is 0.0972. The van der Waals surface area contributed by atoms with Gasteiger partial charge in [0.1, 0.15) is 34.5 Å². The lowest BCUT2D eigenvalue weighted by Gasteiger charge is -2.33. The van der Waals surface area contributed by atoms with Gasteiger partial charge in [-0.05, 0) is 143 Å². The third-order valence-electron chi connectivity index (χ3n) is 18.6. The van der Waals surface area contributed by atoms with E-state index in [9.17, 15) is 0 Å². The normalized spacial score (nSPS) is 21.4. The van der Waals surface area contributed by atoms with Crippen molar-refractivity contribution in [3.8, 4) is 67.9 Å². The zero-order valence-electron chi connectivity index (χ0n) is 50.2. The summed E-state index contributed by atoms with van der Waals surface area (Å²) in [4.78, 5) is 0. The van der Waals surface area contributed by atoms with Gasteiger partial charge in [-0.3, -0.25) is 0 Å². The van der Waals surface area contributed by atoms with Crippen LogP contribution in [0.15, 0.2) is 218 Å². The summed E-state index contributed by atoms with van der Waals surface area (Å²) in [5.74, 6) is 5.14. The van der Waals surface area contributed by atoms with Gasteiger partial charge in [0.15, 0.2) is 0 Å². The predicted molar refractivity (Wildman–Crippen MR) is 354 cm³/mol. The largest absolute Gasteiger partial charge is 0.457 e. The first-order valence-electron chi connectivity index (χ1n) is 32.3. The first-order valence-corrected chi connectivity index (χ1v) is 32.3. The number of rotatable bonds is 6. The lowest BCUT2D eigenvalue weighted by atomic mass is 9.89. The van der Waals surface area contributed by atoms with Gasteiger partial charge < -0.3 is 46.1 Å². The van der Waals surface area contributed by atoms with Crippen molar-refractivity contribution < 1.29 is 14.2 Å². The molecule has 0 aromatic heterocycles. The van der Waals surface area contributed by atoms with Crippen molar-refractivity contribution in [1.82, 2.24) is 31.9 Å². The Labute approximate surface area is 515 Å². The minimum absolute atomic E-state index is 0.293. The molecule has 15 aliphatic rings. The van der Waals surface area contributed by atoms with Crippen LogP contribution < -0.4 is 46.1 Å². The molecule has 9 heteroatoms. The zero-order chi connectivity index (χ0) is 58.4. The van der Waals surface area contributed by atoms with Crippen LogP contribution in [0.2, 0.25) is 0 Å². The van der Waals surface area contributed by atoms with E-state index in [0.29, 0.717) is 49.3 Å². The van der Waals surface area contributed by atoms with E-state index < -0.39 is 0 Å². The Morgan fingerprint density at radius 3 is 0.713 bits per heavy atom. The summed E-state index contributed by atoms with van der Waals surface area (Å²) in [6.45, 7) is 4.58. The van der Waals surface area contributed by atoms with E-state index in [0.717, 1.165) is 120 Å². The number of para-hydroxylation sites is 3. The molecule has 3 fully saturated rings. The summed E-state index contributed by atoms with van der Waals surface area (Å²) >= 11 is 0. The van der Waals surface area contributed by atoms with Crippen molar-refractivity contribution >= 4 is 0 Å². The molecule has 87 heavy (non-hydrogen) atoms. The maximum Gasteiger partial charge on any atom is 0.132 e. The maximum absolute atomic E-state index is 6.74. The van der Waals surface area contributed by atoms with Crippen LogP contribution in [0.4, 0.5) is 0 Å². The van der Waals surface area contributed by atoms with Crippen LogP contribution in [0.5, 0.6) is 34.5 Å². The summed E-state index contributed by atoms with van der Waals surface area (Å²) in [7, 11) is 0. The van der Waals surface area contributed by atoms with Crippen molar-refractivity contribution in [3.63, 3.8) is 0 Å². The van der Waals surface area contributed by atoms with Crippen molar-refractivity contribution in [2.24, 2.45) is 0 Å². The standard InChI is InChI=1S/C78H84N6O3/c1-4-16-67(17-5-1)85-76-46-61-40-43-64(76)52-82-73-25-13-12-24-72(73)81-51-57-32-38-60(39-33-57)63-42-45-66(78(48-63)87-69-20-8-3-9-21-69)54-84-75-27-15-14-26-74(75)83-53-65-44-41-62(47-77(65)86-68-18-6-2-7-19-68)59-36-30-56(31-37-59)50-80-71-23-11-10-22-70(71)79-49-55-28-34-58(61)35-29-55/h1-9,16-21,28-48,70-75,79-84H,10-15,22-27,49-54H2/t70-,71-,72-,73-,74-,75-/m1/s1. The fourth-order valence-electron chi connectivity index (χ4n) is 13.5. The third kappa shape index (κ3) is 15.3. The molecule has 6 atom stereocenters. The number of ether oxygens (including phenoxy) is 3. The smallest absolute Gasteiger partial charge is 0.132 e. The lowest BCUT2D eigenvalue weighted by Crippen LogP contribution is -2.49. The monoisotopic (exact) mass is 1150 g/mol. The second-order valence-corrected chi connectivity index (χ2v) is 24.6. The molecular formula is C78H84N6O3. The zero-order valence-corrected chi connectivity index (χ0v) is 50.2. The van der Waals surface area contributed by atoms with Crippen LogP contribution in [-0.2, 0) is 39.3 Å². The van der Waals surface area contributed by atoms with Gasteiger partial charge in [0, 0.05) is 92.2 Å². The summed E-state index contributed by atoms with van der Waals surface area (Å²) in [6.07, 6.45) is 14.2. The van der Waals surface area contributed by atoms with Crippen LogP contribution in [0.1, 0.15) is 110 Å². The Hall–Kier alpha value is -7.86. The van der Waals surface area contributed by atoms with Gasteiger partial charge in [-0.2, -0.15) is 0 Å². The predicted octanol–water partition coefficient (Wildman–Crippen LogP) is 16.9. The van der Waals surface area contributed by atoms with Gasteiger partial charge in [-0.1, -0.05) is 202 Å². The van der Waals surface area contributed by atoms with Crippen molar-refractivity contribution in [1.29, 1.82) is 0 Å². The minimum Gasteiger partial charge on any atom is -0.457 e. The highest BCUT2D eigenvalue weighted by Gasteiger charge is 2.28. The first kappa shape index (κ1) is 58.2. The summed E-state index contributed by atoms with van der Waals surface area (Å²) in [5, 5.41) is 24.0. The van der Waals surface area contributed by atoms with Crippen LogP contribution in [-0.4, -0.2) is 36.3 Å². The van der Waals surface area contributed by atoms with E-state index >= 15 is 0 Å². The molecule has 12 bridgehead atoms. The highest BCUT2D eigenvalue weighted by atomic mass is 16.5. The fourth-order valence-corrected chi connectivity index (χ4v) is 13.5. The van der Waals surface area contributed by atoms with Crippen molar-refractivity contribution in [2.45, 2.75) is 153 Å². The molecular weight excluding hydrogens is 1070 g/mol. The van der Waals surface area contributed by atoms with E-state index in [-0.39, 0.29) is 0 Å². The molecule has 24 rings (SSSR count). The molecule has 9 aromatic rings. The molecule has 0 saturated heterocycles. The summed E-state index contributed by atoms with van der Waals surface area (Å²) < 4.78 is 20.2. The topological polar surface area (TPSA) is 99.9 Å². The molecule has 0 amide bonds. The summed E-state index contributed by atoms with van der Waals surface area (Å²) in [6, 6.07) is 80.2. The van der Waals surface area contributed by atoms with Crippen molar-refractivity contribution in [3.05, 3.63) is 252 Å². The fraction of sp³-hybridized carbons (Fsp3) is 0.308. The molecule has 9 aromatic carbocycles. The Bertz CT molecular complexity index is 3620. The van der Waals surface area contributed by atoms with Gasteiger partial charge in [0.2, 0.25) is 0 Å². The number of benzene rings is 9. The minimum atomic E-state index is 0.293. The molecule has 3 saturated carbocycles. The Morgan fingerprint density at radius 1 is 0.230 bits per heavy atom. The van der Waals surface area contributed by atoms with Crippen molar-refractivity contribution in [2.75, 3.05) is 0 Å². The molecule has 6 N–H and O–H groups in total. The Kier molecular flexibility index (Phi) is 19.2. The lowest BCUT2D eigenvalue weighted by molar-refractivity contribution is 0.279. The highest BCUT2D eigenvalue weighted by molar-refractivity contribution is 5.69. The SMILES string of the molecule is c1ccc(Oc2cc3ccc2CN[C@@H]2CCCC[C@H]2NCc2ccc(cc2)-c2ccc(c(Oc4ccccc4)c2)CN[C@@H]2CCCC[C@H]2NCc2ccc(cc2Oc2ccccc2)-c2ccc(cc2)CN[C@@H]2CCCC[C@H]2NCc2ccc-3cc2)cc1. The van der Waals surface area contributed by atoms with E-state index in [1.807, 2.05) is 91.0 Å².